The van der Waals surface area contributed by atoms with Crippen molar-refractivity contribution in [3.8, 4) is 0 Å². The lowest BCUT2D eigenvalue weighted by molar-refractivity contribution is 0.870. The molecular formula is C14H16BrN3O. The molecule has 5 heteroatoms. The first-order chi connectivity index (χ1) is 9.08. The lowest BCUT2D eigenvalue weighted by Gasteiger charge is -2.08. The second-order valence-corrected chi connectivity index (χ2v) is 5.28. The van der Waals surface area contributed by atoms with Crippen molar-refractivity contribution in [2.45, 2.75) is 26.7 Å². The van der Waals surface area contributed by atoms with Crippen LogP contribution in [0.5, 0.6) is 0 Å². The predicted octanol–water partition coefficient (Wildman–Crippen LogP) is 3.54. The van der Waals surface area contributed by atoms with Crippen molar-refractivity contribution in [1.29, 1.82) is 0 Å². The zero-order valence-electron chi connectivity index (χ0n) is 11.0. The molecule has 4 nitrogen and oxygen atoms in total. The third-order valence-corrected chi connectivity index (χ3v) is 3.61. The molecule has 2 aromatic rings. The molecule has 19 heavy (non-hydrogen) atoms. The molecule has 0 bridgehead atoms. The number of benzene rings is 1. The van der Waals surface area contributed by atoms with Crippen LogP contribution < -0.4 is 10.9 Å². The molecule has 2 rings (SSSR count). The van der Waals surface area contributed by atoms with Gasteiger partial charge in [-0.25, -0.2) is 4.98 Å². The Balaban J connectivity index is 2.27. The first-order valence-corrected chi connectivity index (χ1v) is 7.01. The highest BCUT2D eigenvalue weighted by Gasteiger charge is 2.02. The van der Waals surface area contributed by atoms with E-state index in [4.69, 9.17) is 0 Å². The van der Waals surface area contributed by atoms with Gasteiger partial charge in [0.15, 0.2) is 0 Å². The molecule has 0 unspecified atom stereocenters. The number of H-pyrrole nitrogens is 1. The van der Waals surface area contributed by atoms with Gasteiger partial charge in [-0.05, 0) is 37.1 Å². The van der Waals surface area contributed by atoms with E-state index in [1.165, 1.54) is 0 Å². The number of nitrogens with zero attached hydrogens (tertiary/aromatic N) is 1. The Hall–Kier alpha value is -1.62. The fraction of sp³-hybridized carbons (Fsp3) is 0.286. The summed E-state index contributed by atoms with van der Waals surface area (Å²) in [6.45, 7) is 4.08. The van der Waals surface area contributed by atoms with E-state index in [1.807, 2.05) is 25.1 Å². The molecule has 0 radical (unpaired) electrons. The van der Waals surface area contributed by atoms with Crippen molar-refractivity contribution in [3.05, 3.63) is 50.3 Å². The summed E-state index contributed by atoms with van der Waals surface area (Å²) in [6, 6.07) is 7.44. The fourth-order valence-corrected chi connectivity index (χ4v) is 2.06. The first-order valence-electron chi connectivity index (χ1n) is 6.22. The predicted molar refractivity (Wildman–Crippen MR) is 81.0 cm³/mol. The van der Waals surface area contributed by atoms with Crippen molar-refractivity contribution in [2.75, 3.05) is 5.32 Å². The summed E-state index contributed by atoms with van der Waals surface area (Å²) >= 11 is 3.46. The fourth-order valence-electron chi connectivity index (χ4n) is 1.81. The van der Waals surface area contributed by atoms with Gasteiger partial charge in [-0.15, -0.1) is 0 Å². The lowest BCUT2D eigenvalue weighted by Crippen LogP contribution is -2.12. The number of halogens is 1. The first kappa shape index (κ1) is 13.8. The average molecular weight is 322 g/mol. The van der Waals surface area contributed by atoms with Gasteiger partial charge in [0.25, 0.3) is 5.56 Å². The Bertz CT molecular complexity index is 637. The molecule has 100 valence electrons. The van der Waals surface area contributed by atoms with Crippen LogP contribution in [0, 0.1) is 6.92 Å². The molecule has 1 aromatic heterocycles. The van der Waals surface area contributed by atoms with E-state index in [-0.39, 0.29) is 5.56 Å². The molecule has 0 aliphatic carbocycles. The Morgan fingerprint density at radius 1 is 1.37 bits per heavy atom. The van der Waals surface area contributed by atoms with Crippen molar-refractivity contribution in [1.82, 2.24) is 9.97 Å². The molecule has 0 aliphatic heterocycles. The van der Waals surface area contributed by atoms with Crippen molar-refractivity contribution >= 4 is 27.6 Å². The van der Waals surface area contributed by atoms with Gasteiger partial charge in [-0.1, -0.05) is 29.3 Å². The quantitative estimate of drug-likeness (QED) is 0.905. The van der Waals surface area contributed by atoms with Crippen LogP contribution >= 0.6 is 15.9 Å². The minimum atomic E-state index is -0.130. The van der Waals surface area contributed by atoms with Crippen LogP contribution in [0.25, 0.3) is 0 Å². The second-order valence-electron chi connectivity index (χ2n) is 4.42. The zero-order valence-corrected chi connectivity index (χ0v) is 12.5. The number of hydrogen-bond acceptors (Lipinski definition) is 3. The number of rotatable bonds is 4. The molecule has 1 heterocycles. The zero-order chi connectivity index (χ0) is 13.8. The summed E-state index contributed by atoms with van der Waals surface area (Å²) in [5, 5.41) is 3.12. The van der Waals surface area contributed by atoms with Crippen molar-refractivity contribution < 1.29 is 0 Å². The number of aromatic amines is 1. The number of aromatic nitrogens is 2. The lowest BCUT2D eigenvalue weighted by atomic mass is 10.2. The number of anilines is 2. The van der Waals surface area contributed by atoms with Crippen LogP contribution in [-0.2, 0) is 6.42 Å². The van der Waals surface area contributed by atoms with Gasteiger partial charge < -0.3 is 5.32 Å². The van der Waals surface area contributed by atoms with E-state index < -0.39 is 0 Å². The van der Waals surface area contributed by atoms with Crippen LogP contribution in [0.3, 0.4) is 0 Å². The van der Waals surface area contributed by atoms with Crippen LogP contribution in [0.1, 0.15) is 24.6 Å². The molecule has 0 spiro atoms. The van der Waals surface area contributed by atoms with E-state index in [9.17, 15) is 4.79 Å². The van der Waals surface area contributed by atoms with Gasteiger partial charge in [-0.2, -0.15) is 0 Å². The van der Waals surface area contributed by atoms with E-state index in [0.29, 0.717) is 5.95 Å². The summed E-state index contributed by atoms with van der Waals surface area (Å²) in [7, 11) is 0. The number of aryl methyl sites for hydroxylation is 2. The van der Waals surface area contributed by atoms with Gasteiger partial charge in [0, 0.05) is 21.9 Å². The molecule has 0 aliphatic rings. The maximum Gasteiger partial charge on any atom is 0.252 e. The van der Waals surface area contributed by atoms with E-state index >= 15 is 0 Å². The topological polar surface area (TPSA) is 57.8 Å². The highest BCUT2D eigenvalue weighted by molar-refractivity contribution is 9.10. The Labute approximate surface area is 120 Å². The van der Waals surface area contributed by atoms with Crippen LogP contribution in [0.2, 0.25) is 0 Å². The normalized spacial score (nSPS) is 10.5. The van der Waals surface area contributed by atoms with Gasteiger partial charge in [0.2, 0.25) is 5.95 Å². The van der Waals surface area contributed by atoms with Crippen LogP contribution in [-0.4, -0.2) is 9.97 Å². The second kappa shape index (κ2) is 6.02. The summed E-state index contributed by atoms with van der Waals surface area (Å²) in [4.78, 5) is 18.6. The smallest absolute Gasteiger partial charge is 0.252 e. The maximum absolute atomic E-state index is 11.6. The summed E-state index contributed by atoms with van der Waals surface area (Å²) in [5.41, 5.74) is 2.70. The standard InChI is InChI=1S/C14H16BrN3O/c1-3-4-10-8-13(19)18-14(16-10)17-11-5-6-12(15)9(2)7-11/h5-8H,3-4H2,1-2H3,(H2,16,17,18,19). The largest absolute Gasteiger partial charge is 0.326 e. The van der Waals surface area contributed by atoms with Gasteiger partial charge in [0.05, 0.1) is 0 Å². The van der Waals surface area contributed by atoms with Crippen LogP contribution in [0.15, 0.2) is 33.5 Å². The molecular weight excluding hydrogens is 306 g/mol. The van der Waals surface area contributed by atoms with Gasteiger partial charge in [0.1, 0.15) is 0 Å². The maximum atomic E-state index is 11.6. The monoisotopic (exact) mass is 321 g/mol. The molecule has 0 fully saturated rings. The molecule has 0 amide bonds. The highest BCUT2D eigenvalue weighted by Crippen LogP contribution is 2.21. The van der Waals surface area contributed by atoms with Crippen molar-refractivity contribution in [3.63, 3.8) is 0 Å². The summed E-state index contributed by atoms with van der Waals surface area (Å²) in [5.74, 6) is 0.484. The Morgan fingerprint density at radius 2 is 2.16 bits per heavy atom. The third kappa shape index (κ3) is 3.67. The third-order valence-electron chi connectivity index (χ3n) is 2.72. The van der Waals surface area contributed by atoms with Crippen molar-refractivity contribution in [2.24, 2.45) is 0 Å². The van der Waals surface area contributed by atoms with E-state index in [0.717, 1.165) is 34.3 Å². The molecule has 2 N–H and O–H groups in total. The van der Waals surface area contributed by atoms with Gasteiger partial charge >= 0.3 is 0 Å². The minimum Gasteiger partial charge on any atom is -0.326 e. The number of nitrogens with one attached hydrogen (secondary N) is 2. The molecule has 1 aromatic carbocycles. The van der Waals surface area contributed by atoms with E-state index in [1.54, 1.807) is 6.07 Å². The Kier molecular flexibility index (Phi) is 4.37. The summed E-state index contributed by atoms with van der Waals surface area (Å²) < 4.78 is 1.05. The summed E-state index contributed by atoms with van der Waals surface area (Å²) in [6.07, 6.45) is 1.77. The highest BCUT2D eigenvalue weighted by atomic mass is 79.9. The molecule has 0 saturated carbocycles. The van der Waals surface area contributed by atoms with Crippen LogP contribution in [0.4, 0.5) is 11.6 Å². The molecule has 0 atom stereocenters. The van der Waals surface area contributed by atoms with Gasteiger partial charge in [-0.3, -0.25) is 9.78 Å². The average Bonchev–Trinajstić information content (AvgIpc) is 2.33. The number of hydrogen-bond donors (Lipinski definition) is 2. The minimum absolute atomic E-state index is 0.130. The van der Waals surface area contributed by atoms with E-state index in [2.05, 4.69) is 38.1 Å². The SMILES string of the molecule is CCCc1cc(=O)[nH]c(Nc2ccc(Br)c(C)c2)n1. The Morgan fingerprint density at radius 3 is 2.84 bits per heavy atom. The molecule has 0 saturated heterocycles.